The fourth-order valence-corrected chi connectivity index (χ4v) is 4.32. The second kappa shape index (κ2) is 10.4. The highest BCUT2D eigenvalue weighted by atomic mass is 35.5. The van der Waals surface area contributed by atoms with Gasteiger partial charge in [-0.1, -0.05) is 71.4 Å². The lowest BCUT2D eigenvalue weighted by molar-refractivity contribution is 0.0697. The number of nitrogens with zero attached hydrogens (tertiary/aromatic N) is 2. The summed E-state index contributed by atoms with van der Waals surface area (Å²) < 4.78 is 1.44. The Kier molecular flexibility index (Phi) is 7.13. The molecule has 1 heterocycles. The number of carbonyl (C=O) groups is 1. The van der Waals surface area contributed by atoms with Gasteiger partial charge >= 0.3 is 5.97 Å². The topological polar surface area (TPSA) is 91.9 Å². The zero-order valence-corrected chi connectivity index (χ0v) is 19.7. The molecular weight excluding hydrogens is 464 g/mol. The van der Waals surface area contributed by atoms with Crippen LogP contribution in [0.5, 0.6) is 0 Å². The van der Waals surface area contributed by atoms with Gasteiger partial charge in [0.25, 0.3) is 0 Å². The van der Waals surface area contributed by atoms with Gasteiger partial charge in [-0.25, -0.2) is 4.79 Å². The van der Waals surface area contributed by atoms with E-state index in [4.69, 9.17) is 16.7 Å². The molecule has 1 atom stereocenters. The molecule has 0 amide bonds. The summed E-state index contributed by atoms with van der Waals surface area (Å²) in [7, 11) is 1.65. The van der Waals surface area contributed by atoms with E-state index >= 15 is 0 Å². The van der Waals surface area contributed by atoms with E-state index in [9.17, 15) is 14.8 Å². The van der Waals surface area contributed by atoms with Crippen LogP contribution in [0.25, 0.3) is 11.1 Å². The fourth-order valence-electron chi connectivity index (χ4n) is 4.05. The molecule has 0 aliphatic rings. The summed E-state index contributed by atoms with van der Waals surface area (Å²) >= 11 is 6.56. The molecule has 35 heavy (non-hydrogen) atoms. The van der Waals surface area contributed by atoms with E-state index < -0.39 is 5.97 Å². The first-order valence-corrected chi connectivity index (χ1v) is 11.3. The average molecular weight is 487 g/mol. The molecule has 7 heteroatoms. The zero-order valence-electron chi connectivity index (χ0n) is 18.9. The van der Waals surface area contributed by atoms with Crippen molar-refractivity contribution in [3.05, 3.63) is 129 Å². The van der Waals surface area contributed by atoms with Crippen molar-refractivity contribution in [1.29, 1.82) is 0 Å². The van der Waals surface area contributed by atoms with Gasteiger partial charge in [0.15, 0.2) is 0 Å². The van der Waals surface area contributed by atoms with Crippen molar-refractivity contribution in [3.63, 3.8) is 0 Å². The molecule has 0 radical (unpaired) electrons. The van der Waals surface area contributed by atoms with Crippen molar-refractivity contribution in [2.45, 2.75) is 12.3 Å². The minimum Gasteiger partial charge on any atom is -0.478 e. The molecule has 1 aromatic heterocycles. The van der Waals surface area contributed by atoms with Gasteiger partial charge in [-0.2, -0.15) is 0 Å². The molecule has 1 unspecified atom stereocenters. The highest BCUT2D eigenvalue weighted by Gasteiger charge is 2.21. The molecule has 0 bridgehead atoms. The maximum absolute atomic E-state index is 11.8. The number of hydrogen-bond acceptors (Lipinski definition) is 4. The van der Waals surface area contributed by atoms with Crippen LogP contribution in [0.3, 0.4) is 0 Å². The van der Waals surface area contributed by atoms with E-state index in [0.717, 1.165) is 22.3 Å². The molecule has 3 aromatic carbocycles. The van der Waals surface area contributed by atoms with Gasteiger partial charge < -0.3 is 14.9 Å². The number of hydrogen-bond donors (Lipinski definition) is 2. The molecule has 176 valence electrons. The number of carboxylic acid groups (broad SMARTS) is 1. The van der Waals surface area contributed by atoms with E-state index in [1.165, 1.54) is 10.6 Å². The van der Waals surface area contributed by atoms with Gasteiger partial charge in [-0.3, -0.25) is 4.79 Å². The lowest BCUT2D eigenvalue weighted by Crippen LogP contribution is -2.18. The van der Waals surface area contributed by atoms with Crippen LogP contribution < -0.4 is 5.56 Å². The van der Waals surface area contributed by atoms with Crippen LogP contribution in [0.1, 0.15) is 39.4 Å². The normalized spacial score (nSPS) is 12.3. The largest absolute Gasteiger partial charge is 0.478 e. The SMILES string of the molecule is Cn1cc(/C(CC(c2ccc(-c3ccc(C(=O)O)cc3)cc2)c2ccccc2Cl)=N/O)ccc1=O. The Labute approximate surface area is 207 Å². The highest BCUT2D eigenvalue weighted by molar-refractivity contribution is 6.31. The number of oxime groups is 1. The Hall–Kier alpha value is -4.16. The van der Waals surface area contributed by atoms with Gasteiger partial charge in [0, 0.05) is 42.2 Å². The summed E-state index contributed by atoms with van der Waals surface area (Å²) in [4.78, 5) is 22.9. The molecule has 2 N–H and O–H groups in total. The standard InChI is InChI=1S/C28H23ClN2O4/c1-31-17-22(14-15-27(31)32)26(30-35)16-24(23-4-2-3-5-25(23)29)20-10-6-18(7-11-20)19-8-12-21(13-9-19)28(33)34/h2-15,17,24,35H,16H2,1H3,(H,33,34)/b30-26+. The monoisotopic (exact) mass is 486 g/mol. The molecule has 4 aromatic rings. The van der Waals surface area contributed by atoms with Crippen molar-refractivity contribution in [1.82, 2.24) is 4.57 Å². The fraction of sp³-hybridized carbons (Fsp3) is 0.107. The number of pyridine rings is 1. The van der Waals surface area contributed by atoms with Crippen LogP contribution in [0.2, 0.25) is 5.02 Å². The Bertz CT molecular complexity index is 1440. The Morgan fingerprint density at radius 2 is 1.51 bits per heavy atom. The molecule has 0 fully saturated rings. The van der Waals surface area contributed by atoms with Crippen molar-refractivity contribution in [2.75, 3.05) is 0 Å². The van der Waals surface area contributed by atoms with E-state index in [1.807, 2.05) is 48.5 Å². The number of aryl methyl sites for hydroxylation is 1. The van der Waals surface area contributed by atoms with Gasteiger partial charge in [-0.15, -0.1) is 0 Å². The van der Waals surface area contributed by atoms with Crippen molar-refractivity contribution in [2.24, 2.45) is 12.2 Å². The Morgan fingerprint density at radius 1 is 0.914 bits per heavy atom. The van der Waals surface area contributed by atoms with Crippen LogP contribution in [-0.2, 0) is 7.05 Å². The van der Waals surface area contributed by atoms with Gasteiger partial charge in [0.05, 0.1) is 11.3 Å². The van der Waals surface area contributed by atoms with E-state index in [2.05, 4.69) is 5.16 Å². The maximum Gasteiger partial charge on any atom is 0.335 e. The molecule has 4 rings (SSSR count). The number of aromatic carboxylic acids is 1. The summed E-state index contributed by atoms with van der Waals surface area (Å²) in [5.41, 5.74) is 4.85. The highest BCUT2D eigenvalue weighted by Crippen LogP contribution is 2.35. The number of benzene rings is 3. The second-order valence-corrected chi connectivity index (χ2v) is 8.60. The predicted octanol–water partition coefficient (Wildman–Crippen LogP) is 5.80. The van der Waals surface area contributed by atoms with Crippen LogP contribution in [0.4, 0.5) is 0 Å². The summed E-state index contributed by atoms with van der Waals surface area (Å²) in [6.07, 6.45) is 2.00. The van der Waals surface area contributed by atoms with E-state index in [0.29, 0.717) is 22.7 Å². The Balaban J connectivity index is 1.70. The van der Waals surface area contributed by atoms with Gasteiger partial charge in [-0.05, 0) is 46.5 Å². The summed E-state index contributed by atoms with van der Waals surface area (Å²) in [5, 5.41) is 23.1. The lowest BCUT2D eigenvalue weighted by atomic mass is 9.85. The van der Waals surface area contributed by atoms with Gasteiger partial charge in [0.1, 0.15) is 0 Å². The minimum absolute atomic E-state index is 0.152. The Morgan fingerprint density at radius 3 is 2.09 bits per heavy atom. The quantitative estimate of drug-likeness (QED) is 0.196. The first kappa shape index (κ1) is 24.0. The average Bonchev–Trinajstić information content (AvgIpc) is 2.87. The third-order valence-corrected chi connectivity index (χ3v) is 6.34. The molecule has 0 saturated heterocycles. The summed E-state index contributed by atoms with van der Waals surface area (Å²) in [6, 6.07) is 25.3. The minimum atomic E-state index is -0.964. The van der Waals surface area contributed by atoms with E-state index in [-0.39, 0.29) is 17.0 Å². The molecule has 6 nitrogen and oxygen atoms in total. The number of rotatable bonds is 7. The summed E-state index contributed by atoms with van der Waals surface area (Å²) in [6.45, 7) is 0. The number of aromatic nitrogens is 1. The molecular formula is C28H23ClN2O4. The van der Waals surface area contributed by atoms with Crippen molar-refractivity contribution < 1.29 is 15.1 Å². The smallest absolute Gasteiger partial charge is 0.335 e. The molecule has 0 saturated carbocycles. The third kappa shape index (κ3) is 5.34. The third-order valence-electron chi connectivity index (χ3n) is 6.00. The lowest BCUT2D eigenvalue weighted by Gasteiger charge is -2.20. The summed E-state index contributed by atoms with van der Waals surface area (Å²) in [5.74, 6) is -1.18. The molecule has 0 aliphatic heterocycles. The van der Waals surface area contributed by atoms with Crippen molar-refractivity contribution in [3.8, 4) is 11.1 Å². The van der Waals surface area contributed by atoms with Crippen molar-refractivity contribution >= 4 is 23.3 Å². The number of halogens is 1. The molecule has 0 spiro atoms. The van der Waals surface area contributed by atoms with Crippen LogP contribution in [-0.4, -0.2) is 26.6 Å². The first-order valence-electron chi connectivity index (χ1n) is 10.9. The van der Waals surface area contributed by atoms with E-state index in [1.54, 1.807) is 43.6 Å². The zero-order chi connectivity index (χ0) is 24.9. The van der Waals surface area contributed by atoms with Crippen LogP contribution in [0, 0.1) is 0 Å². The molecule has 0 aliphatic carbocycles. The second-order valence-electron chi connectivity index (χ2n) is 8.20. The maximum atomic E-state index is 11.8. The number of carboxylic acids is 1. The van der Waals surface area contributed by atoms with Gasteiger partial charge in [0.2, 0.25) is 5.56 Å². The van der Waals surface area contributed by atoms with Crippen LogP contribution in [0.15, 0.2) is 101 Å². The predicted molar refractivity (Wildman–Crippen MR) is 137 cm³/mol. The first-order chi connectivity index (χ1) is 16.9. The van der Waals surface area contributed by atoms with Crippen LogP contribution >= 0.6 is 11.6 Å².